The van der Waals surface area contributed by atoms with E-state index in [1.54, 1.807) is 6.20 Å². The second-order valence-corrected chi connectivity index (χ2v) is 7.50. The minimum Gasteiger partial charge on any atom is -0.372 e. The second-order valence-electron chi connectivity index (χ2n) is 6.04. The number of nitriles is 1. The van der Waals surface area contributed by atoms with Gasteiger partial charge in [-0.1, -0.05) is 0 Å². The zero-order valence-electron chi connectivity index (χ0n) is 14.4. The lowest BCUT2D eigenvalue weighted by molar-refractivity contribution is -0.00513. The van der Waals surface area contributed by atoms with E-state index in [-0.39, 0.29) is 12.2 Å². The van der Waals surface area contributed by atoms with Gasteiger partial charge in [0.15, 0.2) is 0 Å². The number of hydrogen-bond acceptors (Lipinski definition) is 6. The van der Waals surface area contributed by atoms with E-state index in [1.807, 2.05) is 24.3 Å². The SMILES string of the molecule is CS(=O)(=O)O.C[C@@H]1CN(c2ccc(C#N)c3ncccc23)C[C@H](C)O1. The molecule has 1 aliphatic rings. The summed E-state index contributed by atoms with van der Waals surface area (Å²) in [6.07, 6.45) is 2.87. The summed E-state index contributed by atoms with van der Waals surface area (Å²) in [5.74, 6) is 0. The Bertz CT molecular complexity index is 874. The molecule has 0 radical (unpaired) electrons. The Morgan fingerprint density at radius 1 is 1.28 bits per heavy atom. The molecule has 0 unspecified atom stereocenters. The van der Waals surface area contributed by atoms with Crippen molar-refractivity contribution in [2.45, 2.75) is 26.1 Å². The van der Waals surface area contributed by atoms with Crippen molar-refractivity contribution in [3.63, 3.8) is 0 Å². The summed E-state index contributed by atoms with van der Waals surface area (Å²) < 4.78 is 31.7. The second kappa shape index (κ2) is 7.78. The van der Waals surface area contributed by atoms with Gasteiger partial charge < -0.3 is 9.64 Å². The molecule has 8 heteroatoms. The van der Waals surface area contributed by atoms with Crippen molar-refractivity contribution < 1.29 is 17.7 Å². The number of fused-ring (bicyclic) bond motifs is 1. The van der Waals surface area contributed by atoms with Crippen LogP contribution in [0, 0.1) is 11.3 Å². The Hall–Kier alpha value is -2.21. The number of benzene rings is 1. The summed E-state index contributed by atoms with van der Waals surface area (Å²) in [5, 5.41) is 10.2. The quantitative estimate of drug-likeness (QED) is 0.775. The fraction of sp³-hybridized carbons (Fsp3) is 0.412. The van der Waals surface area contributed by atoms with Gasteiger partial charge in [-0.15, -0.1) is 0 Å². The summed E-state index contributed by atoms with van der Waals surface area (Å²) in [6, 6.07) is 10.0. The molecule has 0 saturated carbocycles. The molecule has 25 heavy (non-hydrogen) atoms. The first-order valence-electron chi connectivity index (χ1n) is 7.79. The highest BCUT2D eigenvalue weighted by Crippen LogP contribution is 2.30. The standard InChI is InChI=1S/C16H17N3O.CH4O3S/c1-11-9-19(10-12(2)20-11)15-6-5-13(8-17)16-14(15)4-3-7-18-16;1-5(2,3)4/h3-7,11-12H,9-10H2,1-2H3;1H3,(H,2,3,4)/t11-,12+;. The van der Waals surface area contributed by atoms with Crippen LogP contribution in [-0.4, -0.2) is 49.5 Å². The molecule has 1 saturated heterocycles. The van der Waals surface area contributed by atoms with Crippen LogP contribution in [0.1, 0.15) is 19.4 Å². The van der Waals surface area contributed by atoms with Crippen LogP contribution in [0.4, 0.5) is 5.69 Å². The average Bonchev–Trinajstić information content (AvgIpc) is 2.51. The van der Waals surface area contributed by atoms with Gasteiger partial charge >= 0.3 is 0 Å². The molecule has 1 aromatic heterocycles. The minimum atomic E-state index is -3.67. The van der Waals surface area contributed by atoms with E-state index in [0.717, 1.165) is 29.7 Å². The van der Waals surface area contributed by atoms with E-state index < -0.39 is 10.1 Å². The first kappa shape index (κ1) is 19.1. The molecule has 7 nitrogen and oxygen atoms in total. The smallest absolute Gasteiger partial charge is 0.261 e. The maximum absolute atomic E-state index is 9.20. The summed E-state index contributed by atoms with van der Waals surface area (Å²) >= 11 is 0. The summed E-state index contributed by atoms with van der Waals surface area (Å²) in [4.78, 5) is 6.69. The van der Waals surface area contributed by atoms with Crippen LogP contribution >= 0.6 is 0 Å². The van der Waals surface area contributed by atoms with Gasteiger partial charge in [0, 0.05) is 30.4 Å². The lowest BCUT2D eigenvalue weighted by Crippen LogP contribution is -2.45. The highest BCUT2D eigenvalue weighted by atomic mass is 32.2. The van der Waals surface area contributed by atoms with Crippen LogP contribution in [0.3, 0.4) is 0 Å². The van der Waals surface area contributed by atoms with Gasteiger partial charge in [-0.3, -0.25) is 9.54 Å². The van der Waals surface area contributed by atoms with Gasteiger partial charge in [-0.25, -0.2) is 0 Å². The van der Waals surface area contributed by atoms with Crippen molar-refractivity contribution in [1.82, 2.24) is 4.98 Å². The first-order chi connectivity index (χ1) is 11.7. The molecule has 1 fully saturated rings. The van der Waals surface area contributed by atoms with E-state index >= 15 is 0 Å². The van der Waals surface area contributed by atoms with E-state index in [1.165, 1.54) is 0 Å². The van der Waals surface area contributed by atoms with Crippen LogP contribution in [0.5, 0.6) is 0 Å². The van der Waals surface area contributed by atoms with E-state index in [4.69, 9.17) is 9.29 Å². The number of nitrogens with zero attached hydrogens (tertiary/aromatic N) is 3. The third-order valence-corrected chi connectivity index (χ3v) is 3.63. The Morgan fingerprint density at radius 3 is 2.44 bits per heavy atom. The van der Waals surface area contributed by atoms with Crippen LogP contribution < -0.4 is 4.90 Å². The van der Waals surface area contributed by atoms with Gasteiger partial charge in [-0.05, 0) is 38.1 Å². The van der Waals surface area contributed by atoms with Gasteiger partial charge in [0.25, 0.3) is 10.1 Å². The molecule has 2 aromatic rings. The zero-order chi connectivity index (χ0) is 18.6. The molecule has 0 aliphatic carbocycles. The fourth-order valence-corrected chi connectivity index (χ4v) is 2.90. The van der Waals surface area contributed by atoms with Gasteiger partial charge in [0.1, 0.15) is 6.07 Å². The van der Waals surface area contributed by atoms with Crippen molar-refractivity contribution in [2.24, 2.45) is 0 Å². The maximum atomic E-state index is 9.20. The topological polar surface area (TPSA) is 104 Å². The molecule has 2 heterocycles. The molecular formula is C17H21N3O4S. The predicted molar refractivity (Wildman–Crippen MR) is 96.2 cm³/mol. The van der Waals surface area contributed by atoms with Crippen LogP contribution in [0.2, 0.25) is 0 Å². The lowest BCUT2D eigenvalue weighted by Gasteiger charge is -2.37. The van der Waals surface area contributed by atoms with Crippen molar-refractivity contribution in [1.29, 1.82) is 5.26 Å². The molecule has 1 aromatic carbocycles. The minimum absolute atomic E-state index is 0.209. The number of hydrogen-bond donors (Lipinski definition) is 1. The number of morpholine rings is 1. The Kier molecular flexibility index (Phi) is 5.95. The fourth-order valence-electron chi connectivity index (χ4n) is 2.90. The number of aromatic nitrogens is 1. The van der Waals surface area contributed by atoms with Crippen molar-refractivity contribution in [3.8, 4) is 6.07 Å². The lowest BCUT2D eigenvalue weighted by atomic mass is 10.1. The number of ether oxygens (including phenoxy) is 1. The number of pyridine rings is 1. The van der Waals surface area contributed by atoms with Gasteiger partial charge in [-0.2, -0.15) is 13.7 Å². The highest BCUT2D eigenvalue weighted by Gasteiger charge is 2.24. The van der Waals surface area contributed by atoms with Crippen LogP contribution in [0.15, 0.2) is 30.5 Å². The van der Waals surface area contributed by atoms with E-state index in [2.05, 4.69) is 29.8 Å². The van der Waals surface area contributed by atoms with Crippen molar-refractivity contribution in [3.05, 3.63) is 36.0 Å². The normalized spacial score (nSPS) is 20.5. The van der Waals surface area contributed by atoms with E-state index in [0.29, 0.717) is 11.8 Å². The monoisotopic (exact) mass is 363 g/mol. The Morgan fingerprint density at radius 2 is 1.88 bits per heavy atom. The first-order valence-corrected chi connectivity index (χ1v) is 9.64. The molecule has 3 rings (SSSR count). The predicted octanol–water partition coefficient (Wildman–Crippen LogP) is 2.22. The largest absolute Gasteiger partial charge is 0.372 e. The van der Waals surface area contributed by atoms with Crippen molar-refractivity contribution >= 4 is 26.7 Å². The Balaban J connectivity index is 0.000000399. The molecule has 0 spiro atoms. The summed E-state index contributed by atoms with van der Waals surface area (Å²) in [5.41, 5.74) is 2.53. The highest BCUT2D eigenvalue weighted by molar-refractivity contribution is 7.85. The molecular weight excluding hydrogens is 342 g/mol. The molecule has 1 aliphatic heterocycles. The van der Waals surface area contributed by atoms with Crippen LogP contribution in [0.25, 0.3) is 10.9 Å². The van der Waals surface area contributed by atoms with Gasteiger partial charge in [0.2, 0.25) is 0 Å². The van der Waals surface area contributed by atoms with Gasteiger partial charge in [0.05, 0.1) is 29.5 Å². The molecule has 134 valence electrons. The molecule has 2 atom stereocenters. The maximum Gasteiger partial charge on any atom is 0.261 e. The summed E-state index contributed by atoms with van der Waals surface area (Å²) in [7, 11) is -3.67. The Labute approximate surface area is 147 Å². The number of anilines is 1. The average molecular weight is 363 g/mol. The molecule has 0 amide bonds. The van der Waals surface area contributed by atoms with Crippen molar-refractivity contribution in [2.75, 3.05) is 24.2 Å². The summed E-state index contributed by atoms with van der Waals surface area (Å²) in [6.45, 7) is 5.90. The number of rotatable bonds is 1. The third-order valence-electron chi connectivity index (χ3n) is 3.63. The molecule has 1 N–H and O–H groups in total. The van der Waals surface area contributed by atoms with E-state index in [9.17, 15) is 13.7 Å². The molecule has 0 bridgehead atoms. The zero-order valence-corrected chi connectivity index (χ0v) is 15.2. The van der Waals surface area contributed by atoms with Crippen LogP contribution in [-0.2, 0) is 14.9 Å². The third kappa shape index (κ3) is 5.39.